The molecule has 1 N–H and O–H groups in total. The molecule has 0 fully saturated rings. The molecule has 1 amide bonds. The van der Waals surface area contributed by atoms with Crippen LogP contribution in [-0.4, -0.2) is 30.5 Å². The zero-order valence-electron chi connectivity index (χ0n) is 16.0. The first kappa shape index (κ1) is 19.8. The Bertz CT molecular complexity index is 1020. The van der Waals surface area contributed by atoms with Crippen molar-refractivity contribution < 1.29 is 18.0 Å². The third kappa shape index (κ3) is 3.85. The molecule has 0 saturated carbocycles. The van der Waals surface area contributed by atoms with Gasteiger partial charge in [-0.15, -0.1) is 0 Å². The van der Waals surface area contributed by atoms with Crippen molar-refractivity contribution in [2.45, 2.75) is 53.0 Å². The SMILES string of the molecule is CCn1ccc(C(C)NC(=O)Cn2nc(C)c3c(C(F)(F)F)cc(C)nc32)n1. The first-order valence-corrected chi connectivity index (χ1v) is 8.84. The summed E-state index contributed by atoms with van der Waals surface area (Å²) in [5.41, 5.74) is 0.336. The van der Waals surface area contributed by atoms with Crippen LogP contribution in [0.3, 0.4) is 0 Å². The van der Waals surface area contributed by atoms with Gasteiger partial charge in [0.1, 0.15) is 6.54 Å². The molecule has 0 saturated heterocycles. The molecule has 0 radical (unpaired) electrons. The number of nitrogens with one attached hydrogen (secondary N) is 1. The highest BCUT2D eigenvalue weighted by Gasteiger charge is 2.35. The maximum absolute atomic E-state index is 13.4. The van der Waals surface area contributed by atoms with Crippen LogP contribution < -0.4 is 5.32 Å². The number of fused-ring (bicyclic) bond motifs is 1. The van der Waals surface area contributed by atoms with Crippen LogP contribution in [0.4, 0.5) is 13.2 Å². The number of rotatable bonds is 5. The number of halogens is 3. The second-order valence-corrected chi connectivity index (χ2v) is 6.64. The topological polar surface area (TPSA) is 77.6 Å². The van der Waals surface area contributed by atoms with Gasteiger partial charge in [-0.2, -0.15) is 23.4 Å². The van der Waals surface area contributed by atoms with Gasteiger partial charge in [0, 0.05) is 18.4 Å². The Kier molecular flexibility index (Phi) is 5.14. The predicted molar refractivity (Wildman–Crippen MR) is 96.5 cm³/mol. The van der Waals surface area contributed by atoms with E-state index in [4.69, 9.17) is 0 Å². The summed E-state index contributed by atoms with van der Waals surface area (Å²) in [6.45, 7) is 7.17. The number of aryl methyl sites for hydroxylation is 3. The summed E-state index contributed by atoms with van der Waals surface area (Å²) in [5.74, 6) is -0.389. The Morgan fingerprint density at radius 3 is 2.61 bits per heavy atom. The van der Waals surface area contributed by atoms with E-state index in [1.54, 1.807) is 11.6 Å². The lowest BCUT2D eigenvalue weighted by molar-refractivity contribution is -0.136. The number of pyridine rings is 1. The monoisotopic (exact) mass is 394 g/mol. The molecule has 0 aliphatic heterocycles. The molecule has 1 atom stereocenters. The van der Waals surface area contributed by atoms with Gasteiger partial charge in [0.2, 0.25) is 5.91 Å². The Morgan fingerprint density at radius 1 is 1.29 bits per heavy atom. The number of amides is 1. The fourth-order valence-electron chi connectivity index (χ4n) is 3.09. The molecule has 0 aliphatic rings. The lowest BCUT2D eigenvalue weighted by Gasteiger charge is -2.12. The molecule has 3 aromatic heterocycles. The van der Waals surface area contributed by atoms with Crippen LogP contribution in [-0.2, 0) is 24.1 Å². The molecule has 3 aromatic rings. The molecular formula is C18H21F3N6O. The van der Waals surface area contributed by atoms with Gasteiger partial charge in [0.25, 0.3) is 0 Å². The van der Waals surface area contributed by atoms with Crippen LogP contribution in [0.5, 0.6) is 0 Å². The average molecular weight is 394 g/mol. The lowest BCUT2D eigenvalue weighted by Crippen LogP contribution is -2.30. The molecule has 10 heteroatoms. The first-order valence-electron chi connectivity index (χ1n) is 8.84. The van der Waals surface area contributed by atoms with Crippen molar-refractivity contribution >= 4 is 16.9 Å². The zero-order valence-corrected chi connectivity index (χ0v) is 16.0. The maximum Gasteiger partial charge on any atom is 0.417 e. The quantitative estimate of drug-likeness (QED) is 0.721. The molecule has 1 unspecified atom stereocenters. The van der Waals surface area contributed by atoms with Crippen molar-refractivity contribution in [2.75, 3.05) is 0 Å². The summed E-state index contributed by atoms with van der Waals surface area (Å²) in [4.78, 5) is 16.6. The number of carbonyl (C=O) groups excluding carboxylic acids is 1. The van der Waals surface area contributed by atoms with Crippen LogP contribution in [0.1, 0.15) is 42.5 Å². The number of alkyl halides is 3. The molecule has 0 aromatic carbocycles. The predicted octanol–water partition coefficient (Wildman–Crippen LogP) is 3.16. The molecule has 7 nitrogen and oxygen atoms in total. The van der Waals surface area contributed by atoms with E-state index in [9.17, 15) is 18.0 Å². The third-order valence-electron chi connectivity index (χ3n) is 4.41. The highest BCUT2D eigenvalue weighted by molar-refractivity contribution is 5.85. The van der Waals surface area contributed by atoms with Gasteiger partial charge in [-0.05, 0) is 39.8 Å². The standard InChI is InChI=1S/C18H21F3N6O/c1-5-26-7-6-14(25-26)11(3)23-15(28)9-27-17-16(12(4)24-27)13(18(19,20)21)8-10(2)22-17/h6-8,11H,5,9H2,1-4H3,(H,23,28). The molecule has 0 spiro atoms. The van der Waals surface area contributed by atoms with E-state index in [2.05, 4.69) is 20.5 Å². The van der Waals surface area contributed by atoms with Crippen molar-refractivity contribution in [3.8, 4) is 0 Å². The van der Waals surface area contributed by atoms with Crippen molar-refractivity contribution in [1.82, 2.24) is 29.9 Å². The summed E-state index contributed by atoms with van der Waals surface area (Å²) in [6.07, 6.45) is -2.72. The molecular weight excluding hydrogens is 373 g/mol. The fraction of sp³-hybridized carbons (Fsp3) is 0.444. The molecule has 0 bridgehead atoms. The van der Waals surface area contributed by atoms with E-state index in [1.807, 2.05) is 19.2 Å². The van der Waals surface area contributed by atoms with Crippen LogP contribution in [0.25, 0.3) is 11.0 Å². The van der Waals surface area contributed by atoms with Crippen molar-refractivity contribution in [1.29, 1.82) is 0 Å². The summed E-state index contributed by atoms with van der Waals surface area (Å²) >= 11 is 0. The number of hydrogen-bond donors (Lipinski definition) is 1. The Labute approximate surface area is 159 Å². The number of nitrogens with zero attached hydrogens (tertiary/aromatic N) is 5. The average Bonchev–Trinajstić information content (AvgIpc) is 3.19. The van der Waals surface area contributed by atoms with E-state index in [0.717, 1.165) is 6.07 Å². The maximum atomic E-state index is 13.4. The van der Waals surface area contributed by atoms with E-state index < -0.39 is 11.7 Å². The van der Waals surface area contributed by atoms with Gasteiger partial charge in [0.15, 0.2) is 5.65 Å². The minimum Gasteiger partial charge on any atom is -0.346 e. The summed E-state index contributed by atoms with van der Waals surface area (Å²) < 4.78 is 43.1. The van der Waals surface area contributed by atoms with Crippen molar-refractivity contribution in [2.24, 2.45) is 0 Å². The van der Waals surface area contributed by atoms with E-state index >= 15 is 0 Å². The molecule has 150 valence electrons. The highest BCUT2D eigenvalue weighted by atomic mass is 19.4. The van der Waals surface area contributed by atoms with Crippen LogP contribution in [0.15, 0.2) is 18.3 Å². The van der Waals surface area contributed by atoms with E-state index in [1.165, 1.54) is 18.5 Å². The van der Waals surface area contributed by atoms with Gasteiger partial charge in [-0.25, -0.2) is 9.67 Å². The first-order chi connectivity index (χ1) is 13.1. The smallest absolute Gasteiger partial charge is 0.346 e. The minimum absolute atomic E-state index is 0.0443. The van der Waals surface area contributed by atoms with Crippen LogP contribution in [0, 0.1) is 13.8 Å². The largest absolute Gasteiger partial charge is 0.417 e. The molecule has 0 aliphatic carbocycles. The van der Waals surface area contributed by atoms with Gasteiger partial charge in [-0.1, -0.05) is 0 Å². The third-order valence-corrected chi connectivity index (χ3v) is 4.41. The van der Waals surface area contributed by atoms with Crippen molar-refractivity contribution in [3.05, 3.63) is 41.0 Å². The van der Waals surface area contributed by atoms with Crippen molar-refractivity contribution in [3.63, 3.8) is 0 Å². The van der Waals surface area contributed by atoms with Crippen LogP contribution >= 0.6 is 0 Å². The second kappa shape index (κ2) is 7.25. The molecule has 3 heterocycles. The summed E-state index contributed by atoms with van der Waals surface area (Å²) in [6, 6.07) is 2.46. The second-order valence-electron chi connectivity index (χ2n) is 6.64. The van der Waals surface area contributed by atoms with Gasteiger partial charge in [-0.3, -0.25) is 9.48 Å². The number of hydrogen-bond acceptors (Lipinski definition) is 4. The fourth-order valence-corrected chi connectivity index (χ4v) is 3.09. The van der Waals surface area contributed by atoms with Gasteiger partial charge >= 0.3 is 6.18 Å². The number of aromatic nitrogens is 5. The Morgan fingerprint density at radius 2 is 2.00 bits per heavy atom. The number of carbonyl (C=O) groups is 1. The minimum atomic E-state index is -4.53. The Hall–Kier alpha value is -2.91. The summed E-state index contributed by atoms with van der Waals surface area (Å²) in [5, 5.41) is 11.2. The molecule has 28 heavy (non-hydrogen) atoms. The lowest BCUT2D eigenvalue weighted by atomic mass is 10.1. The van der Waals surface area contributed by atoms with Gasteiger partial charge < -0.3 is 5.32 Å². The van der Waals surface area contributed by atoms with E-state index in [0.29, 0.717) is 12.2 Å². The zero-order chi connectivity index (χ0) is 20.6. The summed E-state index contributed by atoms with van der Waals surface area (Å²) in [7, 11) is 0. The highest BCUT2D eigenvalue weighted by Crippen LogP contribution is 2.36. The molecule has 3 rings (SSSR count). The van der Waals surface area contributed by atoms with Gasteiger partial charge in [0.05, 0.1) is 28.4 Å². The Balaban J connectivity index is 1.86. The van der Waals surface area contributed by atoms with E-state index in [-0.39, 0.29) is 40.9 Å². The normalized spacial score (nSPS) is 13.1. The van der Waals surface area contributed by atoms with Crippen LogP contribution in [0.2, 0.25) is 0 Å².